The molecule has 0 radical (unpaired) electrons. The van der Waals surface area contributed by atoms with E-state index in [2.05, 4.69) is 15.3 Å². The monoisotopic (exact) mass is 311 g/mol. The van der Waals surface area contributed by atoms with Crippen LogP contribution in [0.5, 0.6) is 5.88 Å². The zero-order valence-electron chi connectivity index (χ0n) is 12.4. The van der Waals surface area contributed by atoms with Crippen LogP contribution in [0.1, 0.15) is 5.82 Å². The Hall–Kier alpha value is -3.02. The lowest BCUT2D eigenvalue weighted by molar-refractivity contribution is -0.118. The molecule has 0 aliphatic rings. The lowest BCUT2D eigenvalue weighted by Crippen LogP contribution is -2.20. The minimum Gasteiger partial charge on any atom is -0.467 e. The van der Waals surface area contributed by atoms with E-state index in [0.717, 1.165) is 10.9 Å². The van der Waals surface area contributed by atoms with Crippen molar-refractivity contribution < 1.29 is 13.9 Å². The molecule has 3 rings (SSSR count). The number of amides is 1. The number of aromatic nitrogens is 2. The van der Waals surface area contributed by atoms with Crippen molar-refractivity contribution in [3.05, 3.63) is 60.2 Å². The molecule has 0 aliphatic heterocycles. The van der Waals surface area contributed by atoms with Gasteiger partial charge in [-0.1, -0.05) is 12.1 Å². The van der Waals surface area contributed by atoms with Gasteiger partial charge >= 0.3 is 0 Å². The highest BCUT2D eigenvalue weighted by Crippen LogP contribution is 2.21. The van der Waals surface area contributed by atoms with Crippen LogP contribution in [0, 0.1) is 12.7 Å². The van der Waals surface area contributed by atoms with Crippen LogP contribution in [-0.2, 0) is 4.79 Å². The Morgan fingerprint density at radius 3 is 2.65 bits per heavy atom. The highest BCUT2D eigenvalue weighted by molar-refractivity contribution is 5.92. The van der Waals surface area contributed by atoms with Crippen molar-refractivity contribution in [1.29, 1.82) is 0 Å². The van der Waals surface area contributed by atoms with Gasteiger partial charge in [0.1, 0.15) is 11.6 Å². The molecule has 6 heteroatoms. The Morgan fingerprint density at radius 1 is 1.13 bits per heavy atom. The van der Waals surface area contributed by atoms with Gasteiger partial charge in [0.2, 0.25) is 5.88 Å². The third kappa shape index (κ3) is 3.60. The van der Waals surface area contributed by atoms with Gasteiger partial charge in [-0.05, 0) is 43.3 Å². The van der Waals surface area contributed by atoms with Crippen molar-refractivity contribution in [2.45, 2.75) is 6.92 Å². The molecule has 2 aromatic carbocycles. The first-order valence-corrected chi connectivity index (χ1v) is 7.03. The molecule has 1 N–H and O–H groups in total. The van der Waals surface area contributed by atoms with Crippen LogP contribution in [0.2, 0.25) is 0 Å². The zero-order valence-corrected chi connectivity index (χ0v) is 12.4. The summed E-state index contributed by atoms with van der Waals surface area (Å²) in [5.41, 5.74) is 1.26. The number of benzene rings is 2. The lowest BCUT2D eigenvalue weighted by Gasteiger charge is -2.09. The summed E-state index contributed by atoms with van der Waals surface area (Å²) in [7, 11) is 0. The number of hydrogen-bond donors (Lipinski definition) is 1. The average molecular weight is 311 g/mol. The number of nitrogens with one attached hydrogen (secondary N) is 1. The molecule has 0 fully saturated rings. The summed E-state index contributed by atoms with van der Waals surface area (Å²) in [6.07, 6.45) is 0. The number of aryl methyl sites for hydroxylation is 1. The van der Waals surface area contributed by atoms with Crippen molar-refractivity contribution in [3.63, 3.8) is 0 Å². The summed E-state index contributed by atoms with van der Waals surface area (Å²) in [5, 5.41) is 3.37. The summed E-state index contributed by atoms with van der Waals surface area (Å²) in [6.45, 7) is 1.57. The highest BCUT2D eigenvalue weighted by Gasteiger charge is 2.09. The fourth-order valence-corrected chi connectivity index (χ4v) is 2.13. The molecule has 116 valence electrons. The van der Waals surface area contributed by atoms with Gasteiger partial charge in [-0.3, -0.25) is 4.79 Å². The van der Waals surface area contributed by atoms with Crippen LogP contribution in [0.3, 0.4) is 0 Å². The summed E-state index contributed by atoms with van der Waals surface area (Å²) >= 11 is 0. The van der Waals surface area contributed by atoms with Crippen LogP contribution in [0.25, 0.3) is 10.9 Å². The van der Waals surface area contributed by atoms with Crippen LogP contribution < -0.4 is 10.1 Å². The summed E-state index contributed by atoms with van der Waals surface area (Å²) in [6, 6.07) is 12.9. The Morgan fingerprint density at radius 2 is 1.87 bits per heavy atom. The minimum atomic E-state index is -0.359. The SMILES string of the molecule is Cc1nc(OCC(=O)Nc2ccc(F)cc2)c2ccccc2n1. The molecule has 0 atom stereocenters. The second-order valence-corrected chi connectivity index (χ2v) is 4.94. The minimum absolute atomic E-state index is 0.197. The van der Waals surface area contributed by atoms with E-state index in [0.29, 0.717) is 17.4 Å². The molecule has 1 heterocycles. The van der Waals surface area contributed by atoms with Crippen molar-refractivity contribution >= 4 is 22.5 Å². The van der Waals surface area contributed by atoms with E-state index in [9.17, 15) is 9.18 Å². The predicted octanol–water partition coefficient (Wildman–Crippen LogP) is 3.09. The third-order valence-electron chi connectivity index (χ3n) is 3.15. The fraction of sp³-hybridized carbons (Fsp3) is 0.118. The first-order chi connectivity index (χ1) is 11.1. The van der Waals surface area contributed by atoms with Gasteiger partial charge in [-0.2, -0.15) is 4.98 Å². The van der Waals surface area contributed by atoms with Crippen LogP contribution in [0.4, 0.5) is 10.1 Å². The van der Waals surface area contributed by atoms with E-state index >= 15 is 0 Å². The Kier molecular flexibility index (Phi) is 4.14. The van der Waals surface area contributed by atoms with Gasteiger partial charge in [0, 0.05) is 5.69 Å². The van der Waals surface area contributed by atoms with Crippen molar-refractivity contribution in [2.24, 2.45) is 0 Å². The molecular formula is C17H14FN3O2. The number of para-hydroxylation sites is 1. The zero-order chi connectivity index (χ0) is 16.2. The standard InChI is InChI=1S/C17H14FN3O2/c1-11-19-15-5-3-2-4-14(15)17(20-11)23-10-16(22)21-13-8-6-12(18)7-9-13/h2-9H,10H2,1H3,(H,21,22). The van der Waals surface area contributed by atoms with Crippen LogP contribution >= 0.6 is 0 Å². The van der Waals surface area contributed by atoms with Gasteiger partial charge in [0.05, 0.1) is 10.9 Å². The Labute approximate surface area is 132 Å². The second kappa shape index (κ2) is 6.39. The smallest absolute Gasteiger partial charge is 0.262 e. The molecule has 0 unspecified atom stereocenters. The molecule has 23 heavy (non-hydrogen) atoms. The quantitative estimate of drug-likeness (QED) is 0.804. The number of anilines is 1. The van der Waals surface area contributed by atoms with Crippen molar-refractivity contribution in [2.75, 3.05) is 11.9 Å². The summed E-state index contributed by atoms with van der Waals surface area (Å²) in [4.78, 5) is 20.5. The van der Waals surface area contributed by atoms with E-state index in [1.54, 1.807) is 6.92 Å². The molecular weight excluding hydrogens is 297 g/mol. The molecule has 0 bridgehead atoms. The first-order valence-electron chi connectivity index (χ1n) is 7.03. The molecule has 0 saturated heterocycles. The van der Waals surface area contributed by atoms with Gasteiger partial charge in [0.25, 0.3) is 5.91 Å². The first kappa shape index (κ1) is 14.9. The fourth-order valence-electron chi connectivity index (χ4n) is 2.13. The summed E-state index contributed by atoms with van der Waals surface area (Å²) in [5.74, 6) is 0.221. The molecule has 1 amide bonds. The molecule has 3 aromatic rings. The van der Waals surface area contributed by atoms with Crippen molar-refractivity contribution in [1.82, 2.24) is 9.97 Å². The van der Waals surface area contributed by atoms with Gasteiger partial charge < -0.3 is 10.1 Å². The van der Waals surface area contributed by atoms with Crippen molar-refractivity contribution in [3.8, 4) is 5.88 Å². The second-order valence-electron chi connectivity index (χ2n) is 4.94. The molecule has 1 aromatic heterocycles. The third-order valence-corrected chi connectivity index (χ3v) is 3.15. The van der Waals surface area contributed by atoms with E-state index in [4.69, 9.17) is 4.74 Å². The molecule has 5 nitrogen and oxygen atoms in total. The van der Waals surface area contributed by atoms with Crippen LogP contribution in [-0.4, -0.2) is 22.5 Å². The maximum absolute atomic E-state index is 12.8. The maximum atomic E-state index is 12.8. The number of fused-ring (bicyclic) bond motifs is 1. The van der Waals surface area contributed by atoms with Gasteiger partial charge in [-0.15, -0.1) is 0 Å². The number of ether oxygens (including phenoxy) is 1. The number of nitrogens with zero attached hydrogens (tertiary/aromatic N) is 2. The topological polar surface area (TPSA) is 64.1 Å². The normalized spacial score (nSPS) is 10.5. The lowest BCUT2D eigenvalue weighted by atomic mass is 10.2. The predicted molar refractivity (Wildman–Crippen MR) is 84.8 cm³/mol. The van der Waals surface area contributed by atoms with E-state index in [1.165, 1.54) is 24.3 Å². The van der Waals surface area contributed by atoms with E-state index in [1.807, 2.05) is 24.3 Å². The van der Waals surface area contributed by atoms with Gasteiger partial charge in [0.15, 0.2) is 6.61 Å². The number of carbonyl (C=O) groups excluding carboxylic acids is 1. The Bertz CT molecular complexity index is 850. The number of carbonyl (C=O) groups is 1. The molecule has 0 aliphatic carbocycles. The summed E-state index contributed by atoms with van der Waals surface area (Å²) < 4.78 is 18.3. The van der Waals surface area contributed by atoms with E-state index < -0.39 is 0 Å². The maximum Gasteiger partial charge on any atom is 0.262 e. The number of halogens is 1. The largest absolute Gasteiger partial charge is 0.467 e. The average Bonchev–Trinajstić information content (AvgIpc) is 2.54. The highest BCUT2D eigenvalue weighted by atomic mass is 19.1. The van der Waals surface area contributed by atoms with Gasteiger partial charge in [-0.25, -0.2) is 9.37 Å². The van der Waals surface area contributed by atoms with Crippen LogP contribution in [0.15, 0.2) is 48.5 Å². The molecule has 0 saturated carbocycles. The number of hydrogen-bond acceptors (Lipinski definition) is 4. The molecule has 0 spiro atoms. The number of rotatable bonds is 4. The Balaban J connectivity index is 1.70. The van der Waals surface area contributed by atoms with E-state index in [-0.39, 0.29) is 18.3 Å².